The van der Waals surface area contributed by atoms with Gasteiger partial charge in [0.1, 0.15) is 23.2 Å². The number of alkyl halides is 3. The lowest BCUT2D eigenvalue weighted by Crippen LogP contribution is -2.35. The van der Waals surface area contributed by atoms with E-state index in [2.05, 4.69) is 36.6 Å². The van der Waals surface area contributed by atoms with Crippen LogP contribution in [0.15, 0.2) is 6.20 Å². The minimum absolute atomic E-state index is 0.0199. The van der Waals surface area contributed by atoms with Crippen molar-refractivity contribution in [3.63, 3.8) is 0 Å². The van der Waals surface area contributed by atoms with Gasteiger partial charge in [-0.05, 0) is 32.7 Å². The number of hydrogen-bond donors (Lipinski definition) is 1. The highest BCUT2D eigenvalue weighted by Crippen LogP contribution is 2.31. The molecule has 1 saturated heterocycles. The van der Waals surface area contributed by atoms with E-state index in [1.807, 2.05) is 6.92 Å². The summed E-state index contributed by atoms with van der Waals surface area (Å²) in [5, 5.41) is 8.41. The second kappa shape index (κ2) is 7.15. The van der Waals surface area contributed by atoms with Gasteiger partial charge in [0, 0.05) is 19.0 Å². The van der Waals surface area contributed by atoms with Gasteiger partial charge < -0.3 is 9.55 Å². The van der Waals surface area contributed by atoms with E-state index in [0.29, 0.717) is 18.9 Å². The summed E-state index contributed by atoms with van der Waals surface area (Å²) in [5.41, 5.74) is -0.780. The number of aromatic nitrogens is 5. The van der Waals surface area contributed by atoms with Crippen molar-refractivity contribution < 1.29 is 13.2 Å². The number of nitrogens with zero attached hydrogens (tertiary/aromatic N) is 5. The zero-order valence-electron chi connectivity index (χ0n) is 14.5. The molecule has 1 fully saturated rings. The number of hydrogen-bond acceptors (Lipinski definition) is 4. The highest BCUT2D eigenvalue weighted by Gasteiger charge is 2.34. The van der Waals surface area contributed by atoms with E-state index >= 15 is 0 Å². The molecule has 3 heterocycles. The number of aryl methyl sites for hydroxylation is 1. The molecule has 2 aromatic heterocycles. The van der Waals surface area contributed by atoms with E-state index < -0.39 is 11.9 Å². The van der Waals surface area contributed by atoms with Crippen molar-refractivity contribution >= 4 is 0 Å². The largest absolute Gasteiger partial charge is 0.432 e. The van der Waals surface area contributed by atoms with Gasteiger partial charge in [0.05, 0.1) is 12.7 Å². The third-order valence-corrected chi connectivity index (χ3v) is 4.62. The molecule has 0 radical (unpaired) electrons. The van der Waals surface area contributed by atoms with Crippen molar-refractivity contribution in [3.05, 3.63) is 29.4 Å². The molecule has 3 rings (SSSR count). The van der Waals surface area contributed by atoms with Crippen LogP contribution in [0, 0.1) is 6.92 Å². The first-order chi connectivity index (χ1) is 11.9. The Morgan fingerprint density at radius 1 is 1.32 bits per heavy atom. The molecule has 6 nitrogen and oxygen atoms in total. The maximum Gasteiger partial charge on any atom is 0.432 e. The summed E-state index contributed by atoms with van der Waals surface area (Å²) in [6.45, 7) is 7.15. The first-order valence-electron chi connectivity index (χ1n) is 8.61. The quantitative estimate of drug-likeness (QED) is 0.894. The van der Waals surface area contributed by atoms with Gasteiger partial charge in [-0.15, -0.1) is 10.2 Å². The maximum atomic E-state index is 12.8. The average molecular weight is 356 g/mol. The highest BCUT2D eigenvalue weighted by molar-refractivity contribution is 5.10. The molecule has 1 N–H and O–H groups in total. The third-order valence-electron chi connectivity index (χ3n) is 4.62. The predicted molar refractivity (Wildman–Crippen MR) is 85.9 cm³/mol. The Kier molecular flexibility index (Phi) is 5.12. The number of rotatable bonds is 5. The van der Waals surface area contributed by atoms with E-state index in [-0.39, 0.29) is 5.92 Å². The molecule has 0 saturated carbocycles. The molecule has 0 bridgehead atoms. The van der Waals surface area contributed by atoms with Crippen molar-refractivity contribution in [2.24, 2.45) is 0 Å². The number of aromatic amines is 1. The van der Waals surface area contributed by atoms with E-state index in [4.69, 9.17) is 0 Å². The number of H-pyrrole nitrogens is 1. The minimum Gasteiger partial charge on any atom is -0.338 e. The Hall–Kier alpha value is -1.90. The standard InChI is InChI=1S/C16H23F3N6/c1-3-6-25-11(2)22-23-14(25)10-24-7-4-5-12(9-24)15-20-8-13(21-15)16(17,18)19/h8,12H,3-7,9-10H2,1-2H3,(H,20,21)/t12-/m0/s1. The molecule has 1 aliphatic rings. The van der Waals surface area contributed by atoms with Crippen molar-refractivity contribution in [2.75, 3.05) is 13.1 Å². The molecular formula is C16H23F3N6. The summed E-state index contributed by atoms with van der Waals surface area (Å²) in [7, 11) is 0. The second-order valence-electron chi connectivity index (χ2n) is 6.57. The molecule has 0 spiro atoms. The molecule has 1 aliphatic heterocycles. The zero-order chi connectivity index (χ0) is 18.0. The van der Waals surface area contributed by atoms with Crippen LogP contribution in [0.3, 0.4) is 0 Å². The van der Waals surface area contributed by atoms with Crippen LogP contribution in [-0.2, 0) is 19.3 Å². The fourth-order valence-electron chi connectivity index (χ4n) is 3.37. The SMILES string of the molecule is CCCn1c(C)nnc1CN1CCC[C@H](c2ncc(C(F)(F)F)[nH]2)C1. The van der Waals surface area contributed by atoms with E-state index in [1.54, 1.807) is 0 Å². The lowest BCUT2D eigenvalue weighted by molar-refractivity contribution is -0.141. The Morgan fingerprint density at radius 3 is 2.80 bits per heavy atom. The van der Waals surface area contributed by atoms with Gasteiger partial charge in [0.2, 0.25) is 0 Å². The number of nitrogens with one attached hydrogen (secondary N) is 1. The van der Waals surface area contributed by atoms with Crippen LogP contribution in [-0.4, -0.2) is 42.7 Å². The van der Waals surface area contributed by atoms with E-state index in [9.17, 15) is 13.2 Å². The Balaban J connectivity index is 1.68. The Bertz CT molecular complexity index is 705. The maximum absolute atomic E-state index is 12.8. The minimum atomic E-state index is -4.38. The Morgan fingerprint density at radius 2 is 2.12 bits per heavy atom. The molecule has 138 valence electrons. The number of imidazole rings is 1. The normalized spacial score (nSPS) is 19.5. The third kappa shape index (κ3) is 4.02. The molecule has 9 heteroatoms. The number of halogens is 3. The molecular weight excluding hydrogens is 333 g/mol. The predicted octanol–water partition coefficient (Wildman–Crippen LogP) is 3.12. The zero-order valence-corrected chi connectivity index (χ0v) is 14.5. The highest BCUT2D eigenvalue weighted by atomic mass is 19.4. The molecule has 2 aromatic rings. The van der Waals surface area contributed by atoms with Gasteiger partial charge in [0.15, 0.2) is 0 Å². The molecule has 0 unspecified atom stereocenters. The summed E-state index contributed by atoms with van der Waals surface area (Å²) in [4.78, 5) is 8.63. The molecule has 0 aliphatic carbocycles. The summed E-state index contributed by atoms with van der Waals surface area (Å²) in [6.07, 6.45) is -0.736. The topological polar surface area (TPSA) is 62.6 Å². The summed E-state index contributed by atoms with van der Waals surface area (Å²) in [6, 6.07) is 0. The van der Waals surface area contributed by atoms with Crippen LogP contribution in [0.25, 0.3) is 0 Å². The average Bonchev–Trinajstić information content (AvgIpc) is 3.18. The fourth-order valence-corrected chi connectivity index (χ4v) is 3.37. The van der Waals surface area contributed by atoms with Crippen LogP contribution < -0.4 is 0 Å². The van der Waals surface area contributed by atoms with Gasteiger partial charge in [-0.2, -0.15) is 13.2 Å². The van der Waals surface area contributed by atoms with Crippen LogP contribution >= 0.6 is 0 Å². The van der Waals surface area contributed by atoms with Gasteiger partial charge in [-0.1, -0.05) is 6.92 Å². The Labute approximate surface area is 144 Å². The van der Waals surface area contributed by atoms with Crippen LogP contribution in [0.5, 0.6) is 0 Å². The van der Waals surface area contributed by atoms with Crippen molar-refractivity contribution in [2.45, 2.75) is 58.3 Å². The van der Waals surface area contributed by atoms with Crippen molar-refractivity contribution in [1.82, 2.24) is 29.6 Å². The van der Waals surface area contributed by atoms with E-state index in [0.717, 1.165) is 50.2 Å². The van der Waals surface area contributed by atoms with Crippen molar-refractivity contribution in [1.29, 1.82) is 0 Å². The van der Waals surface area contributed by atoms with Crippen LogP contribution in [0.4, 0.5) is 13.2 Å². The van der Waals surface area contributed by atoms with Gasteiger partial charge >= 0.3 is 6.18 Å². The van der Waals surface area contributed by atoms with Crippen LogP contribution in [0.1, 0.15) is 55.3 Å². The first kappa shape index (κ1) is 17.9. The molecule has 25 heavy (non-hydrogen) atoms. The monoisotopic (exact) mass is 356 g/mol. The first-order valence-corrected chi connectivity index (χ1v) is 8.61. The summed E-state index contributed by atoms with van der Waals surface area (Å²) < 4.78 is 40.4. The summed E-state index contributed by atoms with van der Waals surface area (Å²) >= 11 is 0. The second-order valence-corrected chi connectivity index (χ2v) is 6.57. The fraction of sp³-hybridized carbons (Fsp3) is 0.688. The number of likely N-dealkylation sites (tertiary alicyclic amines) is 1. The van der Waals surface area contributed by atoms with Gasteiger partial charge in [0.25, 0.3) is 0 Å². The molecule has 0 amide bonds. The van der Waals surface area contributed by atoms with Crippen molar-refractivity contribution in [3.8, 4) is 0 Å². The summed E-state index contributed by atoms with van der Waals surface area (Å²) in [5.74, 6) is 2.21. The van der Waals surface area contributed by atoms with Crippen LogP contribution in [0.2, 0.25) is 0 Å². The molecule has 0 aromatic carbocycles. The smallest absolute Gasteiger partial charge is 0.338 e. The number of piperidine rings is 1. The lowest BCUT2D eigenvalue weighted by Gasteiger charge is -2.31. The lowest BCUT2D eigenvalue weighted by atomic mass is 9.97. The molecule has 1 atom stereocenters. The van der Waals surface area contributed by atoms with Gasteiger partial charge in [-0.3, -0.25) is 4.90 Å². The van der Waals surface area contributed by atoms with Gasteiger partial charge in [-0.25, -0.2) is 4.98 Å². The van der Waals surface area contributed by atoms with E-state index in [1.165, 1.54) is 0 Å².